The van der Waals surface area contributed by atoms with E-state index < -0.39 is 24.4 Å². The molecule has 0 bridgehead atoms. The van der Waals surface area contributed by atoms with Crippen LogP contribution >= 0.6 is 0 Å². The van der Waals surface area contributed by atoms with Crippen LogP contribution in [-0.4, -0.2) is 41.5 Å². The van der Waals surface area contributed by atoms with Crippen molar-refractivity contribution in [3.05, 3.63) is 35.3 Å². The molecule has 1 fully saturated rings. The van der Waals surface area contributed by atoms with Gasteiger partial charge >= 0.3 is 6.18 Å². The van der Waals surface area contributed by atoms with E-state index in [0.29, 0.717) is 29.2 Å². The first-order chi connectivity index (χ1) is 14.6. The van der Waals surface area contributed by atoms with Crippen LogP contribution in [0.15, 0.2) is 29.2 Å². The number of hydrogen-bond acceptors (Lipinski definition) is 6. The third kappa shape index (κ3) is 6.43. The molecule has 2 aliphatic rings. The Morgan fingerprint density at radius 1 is 1.32 bits per heavy atom. The zero-order chi connectivity index (χ0) is 22.6. The number of aromatic nitrogens is 1. The summed E-state index contributed by atoms with van der Waals surface area (Å²) in [6.45, 7) is 2.01. The quantitative estimate of drug-likeness (QED) is 0.576. The number of aryl methyl sites for hydroxylation is 1. The second-order valence-electron chi connectivity index (χ2n) is 7.75. The number of halogens is 3. The van der Waals surface area contributed by atoms with Gasteiger partial charge in [0.1, 0.15) is 0 Å². The van der Waals surface area contributed by atoms with E-state index in [0.717, 1.165) is 12.8 Å². The van der Waals surface area contributed by atoms with Crippen LogP contribution in [0.3, 0.4) is 0 Å². The molecule has 1 aromatic heterocycles. The number of carbonyl (C=O) groups is 2. The highest BCUT2D eigenvalue weighted by Gasteiger charge is 2.40. The summed E-state index contributed by atoms with van der Waals surface area (Å²) in [5, 5.41) is 8.43. The molecule has 8 nitrogen and oxygen atoms in total. The highest BCUT2D eigenvalue weighted by atomic mass is 19.4. The van der Waals surface area contributed by atoms with Gasteiger partial charge in [0, 0.05) is 37.1 Å². The maximum atomic E-state index is 13.0. The molecule has 1 aliphatic heterocycles. The molecule has 1 unspecified atom stereocenters. The Morgan fingerprint density at radius 3 is 2.68 bits per heavy atom. The first-order valence-electron chi connectivity index (χ1n) is 9.80. The van der Waals surface area contributed by atoms with E-state index >= 15 is 0 Å². The van der Waals surface area contributed by atoms with E-state index in [-0.39, 0.29) is 18.3 Å². The van der Waals surface area contributed by atoms with Gasteiger partial charge in [-0.2, -0.15) is 13.2 Å². The van der Waals surface area contributed by atoms with Gasteiger partial charge in [0.25, 0.3) is 5.91 Å². The Bertz CT molecular complexity index is 912. The zero-order valence-corrected chi connectivity index (χ0v) is 17.2. The Kier molecular flexibility index (Phi) is 6.51. The number of hydrogen-bond donors (Lipinski definition) is 3. The first-order valence-corrected chi connectivity index (χ1v) is 9.80. The van der Waals surface area contributed by atoms with Crippen LogP contribution in [0.2, 0.25) is 0 Å². The minimum Gasteiger partial charge on any atom is -0.468 e. The van der Waals surface area contributed by atoms with Crippen LogP contribution < -0.4 is 20.7 Å². The largest absolute Gasteiger partial charge is 0.468 e. The summed E-state index contributed by atoms with van der Waals surface area (Å²) in [5.74, 6) is -0.584. The lowest BCUT2D eigenvalue weighted by Gasteiger charge is -2.33. The molecule has 1 atom stereocenters. The van der Waals surface area contributed by atoms with Crippen molar-refractivity contribution in [2.45, 2.75) is 51.5 Å². The van der Waals surface area contributed by atoms with Gasteiger partial charge in [0.05, 0.1) is 6.21 Å². The van der Waals surface area contributed by atoms with Crippen LogP contribution in [0.25, 0.3) is 0 Å². The predicted octanol–water partition coefficient (Wildman–Crippen LogP) is 2.10. The highest BCUT2D eigenvalue weighted by molar-refractivity contribution is 6.06. The standard InChI is InChI=1S/C20H24F3N5O3/c1-12-5-17(31-11-20(21,22)23)25-8-15(12)9-26-18(30)19(10-24-7-13(2)27-19)28-16(29)6-14-3-4-14/h5,7-8,10,14,27H,3-4,6,9,11H2,1-2H3,(H,26,30)(H,28,29). The van der Waals surface area contributed by atoms with Crippen molar-refractivity contribution >= 4 is 18.0 Å². The van der Waals surface area contributed by atoms with Crippen molar-refractivity contribution in [2.75, 3.05) is 6.61 Å². The molecule has 3 rings (SSSR count). The number of pyridine rings is 1. The predicted molar refractivity (Wildman–Crippen MR) is 106 cm³/mol. The molecule has 31 heavy (non-hydrogen) atoms. The Morgan fingerprint density at radius 2 is 2.06 bits per heavy atom. The van der Waals surface area contributed by atoms with Crippen molar-refractivity contribution in [1.82, 2.24) is 20.9 Å². The number of allylic oxidation sites excluding steroid dienone is 1. The van der Waals surface area contributed by atoms with Gasteiger partial charge in [0.15, 0.2) is 6.61 Å². The van der Waals surface area contributed by atoms with Gasteiger partial charge in [-0.15, -0.1) is 0 Å². The number of rotatable bonds is 8. The van der Waals surface area contributed by atoms with E-state index in [1.165, 1.54) is 24.7 Å². The monoisotopic (exact) mass is 439 g/mol. The maximum absolute atomic E-state index is 13.0. The number of alkyl halides is 3. The second kappa shape index (κ2) is 8.94. The third-order valence-corrected chi connectivity index (χ3v) is 4.81. The van der Waals surface area contributed by atoms with Crippen molar-refractivity contribution in [1.29, 1.82) is 0 Å². The molecule has 2 heterocycles. The van der Waals surface area contributed by atoms with Crippen LogP contribution in [0.5, 0.6) is 5.88 Å². The van der Waals surface area contributed by atoms with Crippen LogP contribution in [0.4, 0.5) is 13.2 Å². The van der Waals surface area contributed by atoms with Crippen LogP contribution in [0.1, 0.15) is 37.3 Å². The summed E-state index contributed by atoms with van der Waals surface area (Å²) in [5.41, 5.74) is 0.267. The number of carbonyl (C=O) groups excluding carboxylic acids is 2. The van der Waals surface area contributed by atoms with E-state index in [2.05, 4.69) is 30.7 Å². The first kappa shape index (κ1) is 22.6. The second-order valence-corrected chi connectivity index (χ2v) is 7.75. The topological polar surface area (TPSA) is 105 Å². The zero-order valence-electron chi connectivity index (χ0n) is 17.2. The number of nitrogens with zero attached hydrogens (tertiary/aromatic N) is 2. The number of amides is 2. The summed E-state index contributed by atoms with van der Waals surface area (Å²) in [4.78, 5) is 33.3. The summed E-state index contributed by atoms with van der Waals surface area (Å²) in [6, 6.07) is 1.37. The molecular weight excluding hydrogens is 415 g/mol. The minimum absolute atomic E-state index is 0.0513. The molecule has 0 radical (unpaired) electrons. The lowest BCUT2D eigenvalue weighted by atomic mass is 10.1. The molecule has 1 aromatic rings. The van der Waals surface area contributed by atoms with E-state index in [4.69, 9.17) is 0 Å². The summed E-state index contributed by atoms with van der Waals surface area (Å²) in [7, 11) is 0. The maximum Gasteiger partial charge on any atom is 0.422 e. The third-order valence-electron chi connectivity index (χ3n) is 4.81. The molecule has 0 spiro atoms. The summed E-state index contributed by atoms with van der Waals surface area (Å²) >= 11 is 0. The number of aliphatic imine (C=N–C) groups is 1. The molecule has 1 aliphatic carbocycles. The fraction of sp³-hybridized carbons (Fsp3) is 0.500. The fourth-order valence-corrected chi connectivity index (χ4v) is 3.02. The van der Waals surface area contributed by atoms with E-state index in [1.807, 2.05) is 0 Å². The molecule has 1 saturated carbocycles. The molecule has 11 heteroatoms. The molecular formula is C20H24F3N5O3. The average molecular weight is 439 g/mol. The van der Waals surface area contributed by atoms with E-state index in [1.54, 1.807) is 13.8 Å². The summed E-state index contributed by atoms with van der Waals surface area (Å²) in [6.07, 6.45) is 2.10. The van der Waals surface area contributed by atoms with Crippen molar-refractivity contribution in [2.24, 2.45) is 10.9 Å². The van der Waals surface area contributed by atoms with Crippen molar-refractivity contribution < 1.29 is 27.5 Å². The SMILES string of the molecule is CC1=CN=CC(NC(=O)CC2CC2)(C(=O)NCc2cnc(OCC(F)(F)F)cc2C)N1. The number of ether oxygens (including phenoxy) is 1. The van der Waals surface area contributed by atoms with E-state index in [9.17, 15) is 22.8 Å². The number of nitrogens with one attached hydrogen (secondary N) is 3. The van der Waals surface area contributed by atoms with Crippen molar-refractivity contribution in [3.8, 4) is 5.88 Å². The Labute approximate surface area is 177 Å². The minimum atomic E-state index is -4.46. The van der Waals surface area contributed by atoms with Crippen LogP contribution in [0, 0.1) is 12.8 Å². The summed E-state index contributed by atoms with van der Waals surface area (Å²) < 4.78 is 41.5. The van der Waals surface area contributed by atoms with Gasteiger partial charge in [-0.25, -0.2) is 4.98 Å². The normalized spacial score (nSPS) is 20.5. The van der Waals surface area contributed by atoms with Gasteiger partial charge in [-0.3, -0.25) is 14.6 Å². The molecule has 3 N–H and O–H groups in total. The van der Waals surface area contributed by atoms with Gasteiger partial charge in [0.2, 0.25) is 17.5 Å². The fourth-order valence-electron chi connectivity index (χ4n) is 3.02. The lowest BCUT2D eigenvalue weighted by molar-refractivity contribution is -0.154. The lowest BCUT2D eigenvalue weighted by Crippen LogP contribution is -2.68. The van der Waals surface area contributed by atoms with Gasteiger partial charge in [-0.05, 0) is 43.7 Å². The molecule has 168 valence electrons. The van der Waals surface area contributed by atoms with Crippen molar-refractivity contribution in [3.63, 3.8) is 0 Å². The molecule has 0 aromatic carbocycles. The Balaban J connectivity index is 1.64. The average Bonchev–Trinajstić information content (AvgIpc) is 3.48. The molecule has 0 saturated heterocycles. The Hall–Kier alpha value is -3.11. The molecule has 2 amide bonds. The van der Waals surface area contributed by atoms with Crippen LogP contribution in [-0.2, 0) is 16.1 Å². The highest BCUT2D eigenvalue weighted by Crippen LogP contribution is 2.32. The van der Waals surface area contributed by atoms with Gasteiger partial charge in [-0.1, -0.05) is 0 Å². The van der Waals surface area contributed by atoms with Gasteiger partial charge < -0.3 is 20.7 Å². The smallest absolute Gasteiger partial charge is 0.422 e.